The summed E-state index contributed by atoms with van der Waals surface area (Å²) < 4.78 is 15.8. The SMILES string of the molecule is Cc1cccc(Cn2c(C)c(C(N)=O)c(-c3cccc(F)c3)c2C)c1. The first-order valence-electron chi connectivity index (χ1n) is 8.19. The Morgan fingerprint density at radius 1 is 1.04 bits per heavy atom. The molecular weight excluding hydrogens is 315 g/mol. The van der Waals surface area contributed by atoms with Crippen LogP contribution in [-0.2, 0) is 6.54 Å². The molecule has 1 aromatic heterocycles. The Bertz CT molecular complexity index is 957. The number of carbonyl (C=O) groups excluding carboxylic acids is 1. The van der Waals surface area contributed by atoms with Gasteiger partial charge < -0.3 is 10.3 Å². The predicted molar refractivity (Wildman–Crippen MR) is 98.1 cm³/mol. The third kappa shape index (κ3) is 3.20. The Kier molecular flexibility index (Phi) is 4.45. The van der Waals surface area contributed by atoms with Crippen LogP contribution < -0.4 is 5.73 Å². The fourth-order valence-corrected chi connectivity index (χ4v) is 3.41. The van der Waals surface area contributed by atoms with E-state index in [2.05, 4.69) is 16.7 Å². The molecular formula is C21H21FN2O. The number of nitrogens with two attached hydrogens (primary N) is 1. The lowest BCUT2D eigenvalue weighted by Gasteiger charge is -2.11. The van der Waals surface area contributed by atoms with E-state index in [1.165, 1.54) is 17.7 Å². The van der Waals surface area contributed by atoms with Crippen molar-refractivity contribution in [1.82, 2.24) is 4.57 Å². The molecule has 2 aromatic carbocycles. The molecule has 0 aliphatic carbocycles. The van der Waals surface area contributed by atoms with Crippen molar-refractivity contribution in [2.24, 2.45) is 5.73 Å². The maximum absolute atomic E-state index is 13.7. The minimum atomic E-state index is -0.497. The molecule has 3 nitrogen and oxygen atoms in total. The van der Waals surface area contributed by atoms with Gasteiger partial charge in [-0.25, -0.2) is 4.39 Å². The smallest absolute Gasteiger partial charge is 0.251 e. The molecule has 1 heterocycles. The van der Waals surface area contributed by atoms with Crippen LogP contribution in [0, 0.1) is 26.6 Å². The second kappa shape index (κ2) is 6.55. The Morgan fingerprint density at radius 3 is 2.40 bits per heavy atom. The van der Waals surface area contributed by atoms with E-state index in [4.69, 9.17) is 5.73 Å². The van der Waals surface area contributed by atoms with E-state index in [1.54, 1.807) is 12.1 Å². The van der Waals surface area contributed by atoms with Crippen LogP contribution in [0.5, 0.6) is 0 Å². The predicted octanol–water partition coefficient (Wildman–Crippen LogP) is 4.37. The first-order chi connectivity index (χ1) is 11.9. The van der Waals surface area contributed by atoms with Crippen LogP contribution in [0.3, 0.4) is 0 Å². The van der Waals surface area contributed by atoms with Gasteiger partial charge in [0.25, 0.3) is 5.91 Å². The number of halogens is 1. The van der Waals surface area contributed by atoms with E-state index in [-0.39, 0.29) is 5.82 Å². The second-order valence-corrected chi connectivity index (χ2v) is 6.37. The highest BCUT2D eigenvalue weighted by molar-refractivity contribution is 6.02. The van der Waals surface area contributed by atoms with E-state index in [1.807, 2.05) is 32.9 Å². The number of hydrogen-bond acceptors (Lipinski definition) is 1. The summed E-state index contributed by atoms with van der Waals surface area (Å²) in [6.45, 7) is 6.50. The van der Waals surface area contributed by atoms with E-state index >= 15 is 0 Å². The van der Waals surface area contributed by atoms with E-state index in [9.17, 15) is 9.18 Å². The average Bonchev–Trinajstić information content (AvgIpc) is 2.79. The normalized spacial score (nSPS) is 10.9. The molecule has 2 N–H and O–H groups in total. The third-order valence-electron chi connectivity index (χ3n) is 4.57. The fourth-order valence-electron chi connectivity index (χ4n) is 3.41. The van der Waals surface area contributed by atoms with Crippen molar-refractivity contribution in [1.29, 1.82) is 0 Å². The van der Waals surface area contributed by atoms with Crippen molar-refractivity contribution in [3.05, 3.63) is 82.4 Å². The summed E-state index contributed by atoms with van der Waals surface area (Å²) in [7, 11) is 0. The Morgan fingerprint density at radius 2 is 1.76 bits per heavy atom. The zero-order valence-electron chi connectivity index (χ0n) is 14.6. The molecule has 1 amide bonds. The lowest BCUT2D eigenvalue weighted by atomic mass is 10.00. The molecule has 3 aromatic rings. The van der Waals surface area contributed by atoms with Crippen molar-refractivity contribution in [3.8, 4) is 11.1 Å². The van der Waals surface area contributed by atoms with Gasteiger partial charge in [0.2, 0.25) is 0 Å². The topological polar surface area (TPSA) is 48.0 Å². The Balaban J connectivity index is 2.18. The lowest BCUT2D eigenvalue weighted by Crippen LogP contribution is -2.13. The van der Waals surface area contributed by atoms with E-state index in [0.29, 0.717) is 23.2 Å². The van der Waals surface area contributed by atoms with E-state index in [0.717, 1.165) is 17.0 Å². The number of hydrogen-bond donors (Lipinski definition) is 1. The van der Waals surface area contributed by atoms with Gasteiger partial charge in [-0.1, -0.05) is 42.0 Å². The summed E-state index contributed by atoms with van der Waals surface area (Å²) in [5, 5.41) is 0. The molecule has 0 fully saturated rings. The largest absolute Gasteiger partial charge is 0.366 e. The van der Waals surface area contributed by atoms with Crippen molar-refractivity contribution in [3.63, 3.8) is 0 Å². The molecule has 0 saturated heterocycles. The molecule has 0 aliphatic rings. The van der Waals surface area contributed by atoms with Gasteiger partial charge >= 0.3 is 0 Å². The van der Waals surface area contributed by atoms with Crippen LogP contribution in [0.15, 0.2) is 48.5 Å². The summed E-state index contributed by atoms with van der Waals surface area (Å²) in [5.74, 6) is -0.834. The van der Waals surface area contributed by atoms with E-state index < -0.39 is 5.91 Å². The first kappa shape index (κ1) is 17.0. The molecule has 128 valence electrons. The van der Waals surface area contributed by atoms with Crippen molar-refractivity contribution >= 4 is 5.91 Å². The highest BCUT2D eigenvalue weighted by Gasteiger charge is 2.22. The maximum Gasteiger partial charge on any atom is 0.251 e. The first-order valence-corrected chi connectivity index (χ1v) is 8.19. The van der Waals surface area contributed by atoms with Gasteiger partial charge in [0.1, 0.15) is 5.82 Å². The van der Waals surface area contributed by atoms with Gasteiger partial charge in [-0.05, 0) is 44.0 Å². The third-order valence-corrected chi connectivity index (χ3v) is 4.57. The van der Waals surface area contributed by atoms with Gasteiger partial charge in [0.05, 0.1) is 5.56 Å². The summed E-state index contributed by atoms with van der Waals surface area (Å²) in [6.07, 6.45) is 0. The molecule has 0 spiro atoms. The van der Waals surface area contributed by atoms with Gasteiger partial charge in [-0.15, -0.1) is 0 Å². The molecule has 4 heteroatoms. The zero-order chi connectivity index (χ0) is 18.1. The molecule has 3 rings (SSSR count). The highest BCUT2D eigenvalue weighted by Crippen LogP contribution is 2.33. The second-order valence-electron chi connectivity index (χ2n) is 6.37. The molecule has 25 heavy (non-hydrogen) atoms. The molecule has 0 saturated carbocycles. The van der Waals surface area contributed by atoms with Gasteiger partial charge in [-0.2, -0.15) is 0 Å². The Hall–Kier alpha value is -2.88. The van der Waals surface area contributed by atoms with Crippen molar-refractivity contribution in [2.75, 3.05) is 0 Å². The number of nitrogens with zero attached hydrogens (tertiary/aromatic N) is 1. The van der Waals surface area contributed by atoms with Crippen LogP contribution in [0.25, 0.3) is 11.1 Å². The summed E-state index contributed by atoms with van der Waals surface area (Å²) >= 11 is 0. The fraction of sp³-hybridized carbons (Fsp3) is 0.190. The molecule has 0 radical (unpaired) electrons. The minimum absolute atomic E-state index is 0.337. The maximum atomic E-state index is 13.7. The highest BCUT2D eigenvalue weighted by atomic mass is 19.1. The summed E-state index contributed by atoms with van der Waals surface area (Å²) in [6, 6.07) is 14.5. The van der Waals surface area contributed by atoms with Crippen LogP contribution in [0.2, 0.25) is 0 Å². The molecule has 0 aliphatic heterocycles. The monoisotopic (exact) mass is 336 g/mol. The molecule has 0 atom stereocenters. The average molecular weight is 336 g/mol. The molecule has 0 unspecified atom stereocenters. The number of aryl methyl sites for hydroxylation is 1. The standard InChI is InChI=1S/C21H21FN2O/c1-13-6-4-7-16(10-13)12-24-14(2)19(20(15(24)3)21(23)25)17-8-5-9-18(22)11-17/h4-11H,12H2,1-3H3,(H2,23,25). The number of benzene rings is 2. The minimum Gasteiger partial charge on any atom is -0.366 e. The van der Waals surface area contributed by atoms with Gasteiger partial charge in [-0.3, -0.25) is 4.79 Å². The van der Waals surface area contributed by atoms with Crippen LogP contribution in [-0.4, -0.2) is 10.5 Å². The number of aromatic nitrogens is 1. The quantitative estimate of drug-likeness (QED) is 0.756. The lowest BCUT2D eigenvalue weighted by molar-refractivity contribution is 0.1000. The number of carbonyl (C=O) groups is 1. The van der Waals surface area contributed by atoms with Crippen LogP contribution in [0.1, 0.15) is 32.9 Å². The van der Waals surface area contributed by atoms with Crippen molar-refractivity contribution < 1.29 is 9.18 Å². The van der Waals surface area contributed by atoms with Crippen LogP contribution in [0.4, 0.5) is 4.39 Å². The summed E-state index contributed by atoms with van der Waals surface area (Å²) in [5.41, 5.74) is 11.5. The van der Waals surface area contributed by atoms with Crippen LogP contribution >= 0.6 is 0 Å². The number of primary amides is 1. The molecule has 0 bridgehead atoms. The zero-order valence-corrected chi connectivity index (χ0v) is 14.6. The summed E-state index contributed by atoms with van der Waals surface area (Å²) in [4.78, 5) is 12.1. The van der Waals surface area contributed by atoms with Gasteiger partial charge in [0.15, 0.2) is 0 Å². The Labute approximate surface area is 146 Å². The van der Waals surface area contributed by atoms with Gasteiger partial charge in [0, 0.05) is 23.5 Å². The number of amides is 1. The number of rotatable bonds is 4. The van der Waals surface area contributed by atoms with Crippen molar-refractivity contribution in [2.45, 2.75) is 27.3 Å².